The van der Waals surface area contributed by atoms with Crippen molar-refractivity contribution in [1.29, 1.82) is 0 Å². The van der Waals surface area contributed by atoms with Crippen LogP contribution in [0.2, 0.25) is 0 Å². The number of aliphatic hydroxyl groups is 1. The van der Waals surface area contributed by atoms with Crippen molar-refractivity contribution in [2.75, 3.05) is 13.2 Å². The Morgan fingerprint density at radius 3 is 2.27 bits per heavy atom. The highest BCUT2D eigenvalue weighted by atomic mass is 16.5. The lowest BCUT2D eigenvalue weighted by atomic mass is 9.79. The standard InChI is InChI=1S/C22H25NO3/c1-2-26-21(24)15-17-23-16-9-14-20(23)22(25,18-10-5-3-6-11-18)19-12-7-4-8-13-19/h3-8,10-13,15,17,20,25H,2,9,14,16H2,1H3/b17-15+/t20-/m0/s1. The van der Waals surface area contributed by atoms with Gasteiger partial charge in [0.15, 0.2) is 0 Å². The third-order valence-electron chi connectivity index (χ3n) is 4.89. The van der Waals surface area contributed by atoms with E-state index < -0.39 is 5.60 Å². The molecule has 4 heteroatoms. The van der Waals surface area contributed by atoms with Gasteiger partial charge in [-0.05, 0) is 30.9 Å². The van der Waals surface area contributed by atoms with E-state index in [2.05, 4.69) is 4.90 Å². The molecule has 1 saturated heterocycles. The van der Waals surface area contributed by atoms with Crippen LogP contribution in [0.1, 0.15) is 30.9 Å². The summed E-state index contributed by atoms with van der Waals surface area (Å²) in [6, 6.07) is 19.3. The molecule has 26 heavy (non-hydrogen) atoms. The number of benzene rings is 2. The molecule has 136 valence electrons. The first-order valence-electron chi connectivity index (χ1n) is 9.10. The van der Waals surface area contributed by atoms with Gasteiger partial charge in [0.2, 0.25) is 0 Å². The second kappa shape index (κ2) is 8.19. The SMILES string of the molecule is CCOC(=O)/C=C/N1CCC[C@H]1C(O)(c1ccccc1)c1ccccc1. The molecular formula is C22H25NO3. The van der Waals surface area contributed by atoms with Gasteiger partial charge in [0.25, 0.3) is 0 Å². The summed E-state index contributed by atoms with van der Waals surface area (Å²) in [6.07, 6.45) is 5.00. The van der Waals surface area contributed by atoms with Crippen molar-refractivity contribution in [2.24, 2.45) is 0 Å². The van der Waals surface area contributed by atoms with Gasteiger partial charge in [-0.1, -0.05) is 60.7 Å². The summed E-state index contributed by atoms with van der Waals surface area (Å²) >= 11 is 0. The molecule has 1 fully saturated rings. The number of rotatable bonds is 6. The first-order valence-corrected chi connectivity index (χ1v) is 9.10. The molecule has 2 aromatic carbocycles. The van der Waals surface area contributed by atoms with E-state index in [4.69, 9.17) is 4.74 Å². The van der Waals surface area contributed by atoms with E-state index in [1.807, 2.05) is 60.7 Å². The van der Waals surface area contributed by atoms with Gasteiger partial charge >= 0.3 is 5.97 Å². The fraction of sp³-hybridized carbons (Fsp3) is 0.318. The smallest absolute Gasteiger partial charge is 0.332 e. The summed E-state index contributed by atoms with van der Waals surface area (Å²) in [5, 5.41) is 11.9. The van der Waals surface area contributed by atoms with Crippen molar-refractivity contribution >= 4 is 5.97 Å². The molecule has 0 radical (unpaired) electrons. The summed E-state index contributed by atoms with van der Waals surface area (Å²) < 4.78 is 4.98. The zero-order valence-corrected chi connectivity index (χ0v) is 15.0. The molecule has 1 aliphatic heterocycles. The van der Waals surface area contributed by atoms with Crippen molar-refractivity contribution in [2.45, 2.75) is 31.4 Å². The maximum atomic E-state index is 11.9. The maximum absolute atomic E-state index is 11.9. The molecule has 1 aliphatic rings. The highest BCUT2D eigenvalue weighted by molar-refractivity contribution is 5.81. The number of carbonyl (C=O) groups is 1. The van der Waals surface area contributed by atoms with Crippen LogP contribution in [0.4, 0.5) is 0 Å². The number of ether oxygens (including phenoxy) is 1. The van der Waals surface area contributed by atoms with Gasteiger partial charge in [-0.25, -0.2) is 4.79 Å². The predicted octanol–water partition coefficient (Wildman–Crippen LogP) is 3.46. The van der Waals surface area contributed by atoms with Gasteiger partial charge in [0, 0.05) is 18.8 Å². The Bertz CT molecular complexity index is 703. The Morgan fingerprint density at radius 2 is 1.73 bits per heavy atom. The minimum atomic E-state index is -1.15. The van der Waals surface area contributed by atoms with Crippen molar-refractivity contribution in [1.82, 2.24) is 4.90 Å². The molecule has 0 saturated carbocycles. The molecule has 0 amide bonds. The second-order valence-corrected chi connectivity index (χ2v) is 6.46. The lowest BCUT2D eigenvalue weighted by Gasteiger charge is -2.39. The number of hydrogen-bond donors (Lipinski definition) is 1. The summed E-state index contributed by atoms with van der Waals surface area (Å²) in [7, 11) is 0. The van der Waals surface area contributed by atoms with Gasteiger partial charge in [-0.3, -0.25) is 0 Å². The molecule has 2 aromatic rings. The van der Waals surface area contributed by atoms with E-state index in [0.29, 0.717) is 6.61 Å². The van der Waals surface area contributed by atoms with Crippen LogP contribution in [-0.2, 0) is 15.1 Å². The number of carbonyl (C=O) groups excluding carboxylic acids is 1. The van der Waals surface area contributed by atoms with Gasteiger partial charge in [-0.15, -0.1) is 0 Å². The molecule has 1 atom stereocenters. The van der Waals surface area contributed by atoms with Gasteiger partial charge < -0.3 is 14.7 Å². The molecule has 0 spiro atoms. The average Bonchev–Trinajstić information content (AvgIpc) is 3.16. The van der Waals surface area contributed by atoms with E-state index in [0.717, 1.165) is 30.5 Å². The van der Waals surface area contributed by atoms with Crippen molar-refractivity contribution in [3.63, 3.8) is 0 Å². The normalized spacial score (nSPS) is 17.6. The average molecular weight is 351 g/mol. The molecule has 4 nitrogen and oxygen atoms in total. The van der Waals surface area contributed by atoms with Crippen molar-refractivity contribution in [3.8, 4) is 0 Å². The number of nitrogens with zero attached hydrogens (tertiary/aromatic N) is 1. The van der Waals surface area contributed by atoms with Crippen LogP contribution in [0, 0.1) is 0 Å². The third-order valence-corrected chi connectivity index (χ3v) is 4.89. The number of esters is 1. The number of hydrogen-bond acceptors (Lipinski definition) is 4. The van der Waals surface area contributed by atoms with Crippen LogP contribution < -0.4 is 0 Å². The van der Waals surface area contributed by atoms with Gasteiger partial charge in [-0.2, -0.15) is 0 Å². The quantitative estimate of drug-likeness (QED) is 0.640. The minimum absolute atomic E-state index is 0.155. The van der Waals surface area contributed by atoms with E-state index in [1.165, 1.54) is 6.08 Å². The molecule has 0 bridgehead atoms. The molecule has 1 N–H and O–H groups in total. The minimum Gasteiger partial charge on any atom is -0.463 e. The molecular weight excluding hydrogens is 326 g/mol. The zero-order chi connectivity index (χ0) is 18.4. The van der Waals surface area contributed by atoms with Crippen molar-refractivity contribution < 1.29 is 14.6 Å². The molecule has 3 rings (SSSR count). The Hall–Kier alpha value is -2.59. The fourth-order valence-corrected chi connectivity index (χ4v) is 3.70. The number of likely N-dealkylation sites (tertiary alicyclic amines) is 1. The Kier molecular flexibility index (Phi) is 5.74. The van der Waals surface area contributed by atoms with Gasteiger partial charge in [0.05, 0.1) is 12.6 Å². The zero-order valence-electron chi connectivity index (χ0n) is 15.0. The van der Waals surface area contributed by atoms with Crippen LogP contribution in [0.25, 0.3) is 0 Å². The third kappa shape index (κ3) is 3.65. The van der Waals surface area contributed by atoms with Crippen LogP contribution in [-0.4, -0.2) is 35.2 Å². The fourth-order valence-electron chi connectivity index (χ4n) is 3.70. The Morgan fingerprint density at radius 1 is 1.15 bits per heavy atom. The lowest BCUT2D eigenvalue weighted by Crippen LogP contribution is -2.46. The Labute approximate surface area is 154 Å². The van der Waals surface area contributed by atoms with E-state index in [1.54, 1.807) is 13.1 Å². The Balaban J connectivity index is 1.98. The monoisotopic (exact) mass is 351 g/mol. The second-order valence-electron chi connectivity index (χ2n) is 6.46. The first kappa shape index (κ1) is 18.2. The van der Waals surface area contributed by atoms with E-state index in [9.17, 15) is 9.90 Å². The topological polar surface area (TPSA) is 49.8 Å². The van der Waals surface area contributed by atoms with Crippen LogP contribution in [0.15, 0.2) is 72.9 Å². The molecule has 0 unspecified atom stereocenters. The molecule has 0 aliphatic carbocycles. The first-order chi connectivity index (χ1) is 12.7. The van der Waals surface area contributed by atoms with Crippen molar-refractivity contribution in [3.05, 3.63) is 84.1 Å². The van der Waals surface area contributed by atoms with E-state index >= 15 is 0 Å². The summed E-state index contributed by atoms with van der Waals surface area (Å²) in [5.41, 5.74) is 0.554. The highest BCUT2D eigenvalue weighted by Gasteiger charge is 2.44. The largest absolute Gasteiger partial charge is 0.463 e. The lowest BCUT2D eigenvalue weighted by molar-refractivity contribution is -0.137. The summed E-state index contributed by atoms with van der Waals surface area (Å²) in [6.45, 7) is 2.93. The predicted molar refractivity (Wildman–Crippen MR) is 101 cm³/mol. The summed E-state index contributed by atoms with van der Waals surface area (Å²) in [4.78, 5) is 13.8. The van der Waals surface area contributed by atoms with Gasteiger partial charge in [0.1, 0.15) is 5.60 Å². The summed E-state index contributed by atoms with van der Waals surface area (Å²) in [5.74, 6) is -0.360. The van der Waals surface area contributed by atoms with E-state index in [-0.39, 0.29) is 12.0 Å². The van der Waals surface area contributed by atoms with Crippen LogP contribution in [0.3, 0.4) is 0 Å². The maximum Gasteiger partial charge on any atom is 0.332 e. The molecule has 1 heterocycles. The van der Waals surface area contributed by atoms with Crippen LogP contribution >= 0.6 is 0 Å². The highest BCUT2D eigenvalue weighted by Crippen LogP contribution is 2.40. The molecule has 0 aromatic heterocycles. The van der Waals surface area contributed by atoms with Crippen LogP contribution in [0.5, 0.6) is 0 Å².